The standard InChI is InChI=1S/C11H15FN2OS/c1-15-8-4-7-13-11(16)14-10-6-3-2-5-9(10)12/h2-3,5-6H,4,7-8H2,1H3,(H2,13,14,16). The lowest BCUT2D eigenvalue weighted by Gasteiger charge is -2.10. The number of hydrogen-bond acceptors (Lipinski definition) is 2. The van der Waals surface area contributed by atoms with E-state index in [0.717, 1.165) is 6.42 Å². The Kier molecular flexibility index (Phi) is 5.74. The van der Waals surface area contributed by atoms with Crippen molar-refractivity contribution in [3.63, 3.8) is 0 Å². The molecule has 0 aliphatic heterocycles. The van der Waals surface area contributed by atoms with Gasteiger partial charge in [-0.25, -0.2) is 4.39 Å². The summed E-state index contributed by atoms with van der Waals surface area (Å²) in [7, 11) is 1.65. The Morgan fingerprint density at radius 3 is 2.88 bits per heavy atom. The first kappa shape index (κ1) is 12.9. The van der Waals surface area contributed by atoms with Crippen molar-refractivity contribution in [2.75, 3.05) is 25.6 Å². The highest BCUT2D eigenvalue weighted by atomic mass is 32.1. The number of benzene rings is 1. The van der Waals surface area contributed by atoms with Gasteiger partial charge in [-0.15, -0.1) is 0 Å². The van der Waals surface area contributed by atoms with Gasteiger partial charge >= 0.3 is 0 Å². The van der Waals surface area contributed by atoms with E-state index < -0.39 is 0 Å². The molecule has 2 N–H and O–H groups in total. The van der Waals surface area contributed by atoms with Crippen LogP contribution < -0.4 is 10.6 Å². The monoisotopic (exact) mass is 242 g/mol. The molecule has 0 radical (unpaired) electrons. The first-order valence-corrected chi connectivity index (χ1v) is 5.43. The van der Waals surface area contributed by atoms with Gasteiger partial charge in [0.15, 0.2) is 5.11 Å². The molecule has 0 saturated heterocycles. The molecule has 1 aromatic carbocycles. The minimum absolute atomic E-state index is 0.316. The predicted octanol–water partition coefficient (Wildman–Crippen LogP) is 2.15. The van der Waals surface area contributed by atoms with Gasteiger partial charge in [0.1, 0.15) is 5.82 Å². The van der Waals surface area contributed by atoms with E-state index >= 15 is 0 Å². The first-order valence-electron chi connectivity index (χ1n) is 5.02. The number of thiocarbonyl (C=S) groups is 1. The summed E-state index contributed by atoms with van der Waals surface area (Å²) in [4.78, 5) is 0. The highest BCUT2D eigenvalue weighted by Gasteiger charge is 2.01. The van der Waals surface area contributed by atoms with E-state index in [4.69, 9.17) is 17.0 Å². The van der Waals surface area contributed by atoms with E-state index in [0.29, 0.717) is 24.0 Å². The molecular weight excluding hydrogens is 227 g/mol. The van der Waals surface area contributed by atoms with Gasteiger partial charge in [-0.1, -0.05) is 12.1 Å². The van der Waals surface area contributed by atoms with Gasteiger partial charge in [-0.05, 0) is 30.8 Å². The number of anilines is 1. The molecule has 0 spiro atoms. The molecule has 5 heteroatoms. The Bertz CT molecular complexity index is 347. The van der Waals surface area contributed by atoms with Gasteiger partial charge in [-0.2, -0.15) is 0 Å². The van der Waals surface area contributed by atoms with Crippen molar-refractivity contribution >= 4 is 23.0 Å². The lowest BCUT2D eigenvalue weighted by molar-refractivity contribution is 0.196. The van der Waals surface area contributed by atoms with Gasteiger partial charge < -0.3 is 15.4 Å². The lowest BCUT2D eigenvalue weighted by atomic mass is 10.3. The van der Waals surface area contributed by atoms with Crippen LogP contribution in [0.3, 0.4) is 0 Å². The topological polar surface area (TPSA) is 33.3 Å². The minimum atomic E-state index is -0.316. The van der Waals surface area contributed by atoms with E-state index in [9.17, 15) is 4.39 Å². The van der Waals surface area contributed by atoms with E-state index in [1.807, 2.05) is 0 Å². The van der Waals surface area contributed by atoms with Crippen molar-refractivity contribution in [1.82, 2.24) is 5.32 Å². The number of hydrogen-bond donors (Lipinski definition) is 2. The maximum absolute atomic E-state index is 13.2. The maximum Gasteiger partial charge on any atom is 0.170 e. The Morgan fingerprint density at radius 1 is 1.44 bits per heavy atom. The van der Waals surface area contributed by atoms with Crippen LogP contribution in [-0.4, -0.2) is 25.4 Å². The molecule has 0 fully saturated rings. The molecule has 1 rings (SSSR count). The molecule has 88 valence electrons. The summed E-state index contributed by atoms with van der Waals surface area (Å²) in [6.45, 7) is 1.38. The molecule has 0 amide bonds. The summed E-state index contributed by atoms with van der Waals surface area (Å²) in [5, 5.41) is 6.18. The van der Waals surface area contributed by atoms with Crippen LogP contribution in [0.2, 0.25) is 0 Å². The predicted molar refractivity (Wildman–Crippen MR) is 67.1 cm³/mol. The van der Waals surface area contributed by atoms with Crippen LogP contribution in [0, 0.1) is 5.82 Å². The van der Waals surface area contributed by atoms with Gasteiger partial charge in [0, 0.05) is 20.3 Å². The van der Waals surface area contributed by atoms with Crippen molar-refractivity contribution in [3.8, 4) is 0 Å². The average Bonchev–Trinajstić information content (AvgIpc) is 2.28. The summed E-state index contributed by atoms with van der Waals surface area (Å²) in [5.41, 5.74) is 0.381. The Hall–Kier alpha value is -1.20. The largest absolute Gasteiger partial charge is 0.385 e. The Balaban J connectivity index is 2.32. The third-order valence-corrected chi connectivity index (χ3v) is 2.18. The smallest absolute Gasteiger partial charge is 0.170 e. The van der Waals surface area contributed by atoms with Gasteiger partial charge in [0.2, 0.25) is 0 Å². The third kappa shape index (κ3) is 4.55. The lowest BCUT2D eigenvalue weighted by Crippen LogP contribution is -2.30. The highest BCUT2D eigenvalue weighted by Crippen LogP contribution is 2.11. The van der Waals surface area contributed by atoms with Gasteiger partial charge in [-0.3, -0.25) is 0 Å². The molecule has 0 atom stereocenters. The third-order valence-electron chi connectivity index (χ3n) is 1.93. The average molecular weight is 242 g/mol. The van der Waals surface area contributed by atoms with Gasteiger partial charge in [0.25, 0.3) is 0 Å². The summed E-state index contributed by atoms with van der Waals surface area (Å²) < 4.78 is 18.1. The van der Waals surface area contributed by atoms with Crippen LogP contribution in [0.4, 0.5) is 10.1 Å². The number of ether oxygens (including phenoxy) is 1. The van der Waals surface area contributed by atoms with Crippen LogP contribution in [0.15, 0.2) is 24.3 Å². The second kappa shape index (κ2) is 7.14. The molecule has 3 nitrogen and oxygen atoms in total. The maximum atomic E-state index is 13.2. The fraction of sp³-hybridized carbons (Fsp3) is 0.364. The van der Waals surface area contributed by atoms with E-state index in [1.165, 1.54) is 6.07 Å². The molecular formula is C11H15FN2OS. The summed E-state index contributed by atoms with van der Waals surface area (Å²) >= 11 is 5.02. The second-order valence-electron chi connectivity index (χ2n) is 3.21. The molecule has 0 bridgehead atoms. The van der Waals surface area contributed by atoms with Crippen molar-refractivity contribution in [2.45, 2.75) is 6.42 Å². The van der Waals surface area contributed by atoms with Crippen molar-refractivity contribution in [1.29, 1.82) is 0 Å². The second-order valence-corrected chi connectivity index (χ2v) is 3.62. The molecule has 0 heterocycles. The molecule has 0 aliphatic rings. The van der Waals surface area contributed by atoms with Crippen LogP contribution in [-0.2, 0) is 4.74 Å². The minimum Gasteiger partial charge on any atom is -0.385 e. The fourth-order valence-electron chi connectivity index (χ4n) is 1.15. The summed E-state index contributed by atoms with van der Waals surface area (Å²) in [6, 6.07) is 6.41. The molecule has 1 aromatic rings. The Morgan fingerprint density at radius 2 is 2.19 bits per heavy atom. The SMILES string of the molecule is COCCCNC(=S)Nc1ccccc1F. The molecule has 0 saturated carbocycles. The van der Waals surface area contributed by atoms with E-state index in [-0.39, 0.29) is 5.82 Å². The number of methoxy groups -OCH3 is 1. The van der Waals surface area contributed by atoms with Crippen molar-refractivity contribution < 1.29 is 9.13 Å². The quantitative estimate of drug-likeness (QED) is 0.612. The number of nitrogens with one attached hydrogen (secondary N) is 2. The van der Waals surface area contributed by atoms with Crippen LogP contribution >= 0.6 is 12.2 Å². The highest BCUT2D eigenvalue weighted by molar-refractivity contribution is 7.80. The molecule has 0 aliphatic carbocycles. The van der Waals surface area contributed by atoms with Crippen LogP contribution in [0.5, 0.6) is 0 Å². The van der Waals surface area contributed by atoms with Crippen molar-refractivity contribution in [2.24, 2.45) is 0 Å². The zero-order valence-corrected chi connectivity index (χ0v) is 9.94. The molecule has 0 unspecified atom stereocenters. The molecule has 16 heavy (non-hydrogen) atoms. The zero-order valence-electron chi connectivity index (χ0n) is 9.13. The van der Waals surface area contributed by atoms with Gasteiger partial charge in [0.05, 0.1) is 5.69 Å². The molecule has 0 aromatic heterocycles. The van der Waals surface area contributed by atoms with E-state index in [1.54, 1.807) is 25.3 Å². The number of halogens is 1. The Labute approximate surface area is 100.0 Å². The summed E-state index contributed by atoms with van der Waals surface area (Å²) in [6.07, 6.45) is 0.857. The number of para-hydroxylation sites is 1. The van der Waals surface area contributed by atoms with E-state index in [2.05, 4.69) is 10.6 Å². The fourth-order valence-corrected chi connectivity index (χ4v) is 1.36. The zero-order chi connectivity index (χ0) is 11.8. The van der Waals surface area contributed by atoms with Crippen molar-refractivity contribution in [3.05, 3.63) is 30.1 Å². The van der Waals surface area contributed by atoms with Crippen LogP contribution in [0.25, 0.3) is 0 Å². The van der Waals surface area contributed by atoms with Crippen LogP contribution in [0.1, 0.15) is 6.42 Å². The number of rotatable bonds is 5. The summed E-state index contributed by atoms with van der Waals surface area (Å²) in [5.74, 6) is -0.316. The first-order chi connectivity index (χ1) is 7.74. The normalized spacial score (nSPS) is 9.88.